The summed E-state index contributed by atoms with van der Waals surface area (Å²) in [5, 5.41) is 25.3. The van der Waals surface area contributed by atoms with Crippen molar-refractivity contribution in [2.45, 2.75) is 6.92 Å². The Labute approximate surface area is 244 Å². The summed E-state index contributed by atoms with van der Waals surface area (Å²) in [5.41, 5.74) is -2.23. The first kappa shape index (κ1) is 27.7. The van der Waals surface area contributed by atoms with Crippen molar-refractivity contribution in [3.8, 4) is 23.0 Å². The van der Waals surface area contributed by atoms with E-state index < -0.39 is 40.3 Å². The van der Waals surface area contributed by atoms with Crippen LogP contribution in [0.15, 0.2) is 73.7 Å². The quantitative estimate of drug-likeness (QED) is 0.138. The van der Waals surface area contributed by atoms with E-state index in [-0.39, 0.29) is 69.4 Å². The molecular formula is C19H12N4Na2O8P2. The molecule has 0 aliphatic carbocycles. The molecule has 0 saturated carbocycles. The molecular weight excluding hydrogens is 520 g/mol. The molecule has 0 radical (unpaired) electrons. The first-order valence-electron chi connectivity index (χ1n) is 9.28. The number of benzene rings is 2. The van der Waals surface area contributed by atoms with E-state index in [4.69, 9.17) is 18.1 Å². The van der Waals surface area contributed by atoms with Gasteiger partial charge in [0, 0.05) is 11.8 Å². The Morgan fingerprint density at radius 1 is 0.743 bits per heavy atom. The molecule has 0 spiro atoms. The second-order valence-corrected chi connectivity index (χ2v) is 8.66. The van der Waals surface area contributed by atoms with E-state index in [0.717, 1.165) is 6.07 Å². The Morgan fingerprint density at radius 3 is 1.51 bits per heavy atom. The van der Waals surface area contributed by atoms with Gasteiger partial charge < -0.3 is 28.3 Å². The van der Waals surface area contributed by atoms with Crippen LogP contribution in [0, 0.1) is 6.92 Å². The number of aryl methyl sites for hydroxylation is 1. The normalized spacial score (nSPS) is 14.9. The van der Waals surface area contributed by atoms with Crippen LogP contribution in [0.4, 0.5) is 0 Å². The maximum absolute atomic E-state index is 12.9. The molecule has 3 aromatic rings. The third-order valence-electron chi connectivity index (χ3n) is 4.41. The molecule has 0 bridgehead atoms. The molecule has 2 aliphatic rings. The maximum Gasteiger partial charge on any atom is 1.00 e. The number of aromatic nitrogens is 2. The van der Waals surface area contributed by atoms with E-state index in [2.05, 4.69) is 9.53 Å². The van der Waals surface area contributed by atoms with Crippen molar-refractivity contribution in [1.29, 1.82) is 0 Å². The average molecular weight is 532 g/mol. The molecule has 2 aliphatic heterocycles. The van der Waals surface area contributed by atoms with E-state index >= 15 is 0 Å². The van der Waals surface area contributed by atoms with Crippen molar-refractivity contribution in [1.82, 2.24) is 9.13 Å². The summed E-state index contributed by atoms with van der Waals surface area (Å²) in [5.74, 6) is 1.57. The average Bonchev–Trinajstić information content (AvgIpc) is 3.35. The van der Waals surface area contributed by atoms with Crippen LogP contribution < -0.4 is 98.7 Å². The smallest absolute Gasteiger partial charge is 0.845 e. The van der Waals surface area contributed by atoms with Gasteiger partial charge in [-0.3, -0.25) is 9.36 Å². The van der Waals surface area contributed by atoms with Crippen LogP contribution >= 0.6 is 17.1 Å². The van der Waals surface area contributed by atoms with Gasteiger partial charge in [-0.1, -0.05) is 24.3 Å². The van der Waals surface area contributed by atoms with E-state index in [1.807, 2.05) is 0 Å². The molecule has 168 valence electrons. The molecule has 3 heterocycles. The molecule has 2 aromatic carbocycles. The van der Waals surface area contributed by atoms with Gasteiger partial charge in [0.05, 0.1) is 12.0 Å². The van der Waals surface area contributed by atoms with Gasteiger partial charge in [-0.05, 0) is 31.2 Å². The Bertz CT molecular complexity index is 1390. The van der Waals surface area contributed by atoms with Gasteiger partial charge in [-0.25, -0.2) is 9.36 Å². The van der Waals surface area contributed by atoms with Crippen LogP contribution in [0.3, 0.4) is 0 Å². The van der Waals surface area contributed by atoms with Gasteiger partial charge >= 0.3 is 81.9 Å². The molecule has 16 heteroatoms. The molecule has 35 heavy (non-hydrogen) atoms. The predicted molar refractivity (Wildman–Crippen MR) is 115 cm³/mol. The van der Waals surface area contributed by atoms with Crippen LogP contribution in [0.25, 0.3) is 0 Å². The standard InChI is InChI=1S/C19H14N4O8P2.2Na/c1-11-10-16(24)23(18(26)21-33-30-14-8-4-5-9-15(14)31-33)19(27)22(11)17(25)20-32-28-12-6-2-3-7-13(12)29-32;;/h2-10H,1H3,(H,20,25)(H,21,26);;/q;2*+1/p-2. The van der Waals surface area contributed by atoms with E-state index in [9.17, 15) is 19.8 Å². The molecule has 0 amide bonds. The van der Waals surface area contributed by atoms with Crippen LogP contribution in [-0.4, -0.2) is 21.2 Å². The molecule has 0 N–H and O–H groups in total. The Balaban J connectivity index is 0.00000171. The fraction of sp³-hybridized carbons (Fsp3) is 0.0526. The largest absolute Gasteiger partial charge is 1.00 e. The van der Waals surface area contributed by atoms with Gasteiger partial charge in [0.25, 0.3) is 5.56 Å². The summed E-state index contributed by atoms with van der Waals surface area (Å²) >= 11 is 0. The van der Waals surface area contributed by atoms with Gasteiger partial charge in [-0.2, -0.15) is 9.53 Å². The molecule has 0 atom stereocenters. The molecule has 12 nitrogen and oxygen atoms in total. The summed E-state index contributed by atoms with van der Waals surface area (Å²) in [4.78, 5) is 25.3. The summed E-state index contributed by atoms with van der Waals surface area (Å²) in [6.45, 7) is 1.35. The van der Waals surface area contributed by atoms with Gasteiger partial charge in [0.1, 0.15) is 0 Å². The first-order chi connectivity index (χ1) is 15.9. The number of hydrogen-bond acceptors (Lipinski definition) is 10. The number of hydrogen-bond donors (Lipinski definition) is 0. The summed E-state index contributed by atoms with van der Waals surface area (Å²) in [6.07, 6.45) is 0. The van der Waals surface area contributed by atoms with Crippen molar-refractivity contribution >= 4 is 29.1 Å². The zero-order chi connectivity index (χ0) is 23.1. The van der Waals surface area contributed by atoms with Crippen LogP contribution in [0.1, 0.15) is 5.69 Å². The third-order valence-corrected chi connectivity index (χ3v) is 6.49. The molecule has 1 aromatic heterocycles. The van der Waals surface area contributed by atoms with Crippen LogP contribution in [-0.2, 0) is 0 Å². The number of nitrogens with zero attached hydrogens (tertiary/aromatic N) is 4. The Morgan fingerprint density at radius 2 is 1.11 bits per heavy atom. The summed E-state index contributed by atoms with van der Waals surface area (Å²) < 4.78 is 30.0. The van der Waals surface area contributed by atoms with E-state index in [1.54, 1.807) is 48.5 Å². The van der Waals surface area contributed by atoms with E-state index in [0.29, 0.717) is 27.6 Å². The van der Waals surface area contributed by atoms with Gasteiger partial charge in [0.2, 0.25) is 0 Å². The Kier molecular flexibility index (Phi) is 9.06. The summed E-state index contributed by atoms with van der Waals surface area (Å²) in [7, 11) is -4.15. The van der Waals surface area contributed by atoms with Crippen molar-refractivity contribution in [3.05, 3.63) is 81.1 Å². The molecule has 0 unspecified atom stereocenters. The fourth-order valence-corrected chi connectivity index (χ4v) is 4.92. The topological polar surface area (TPSA) is 152 Å². The monoisotopic (exact) mass is 532 g/mol. The predicted octanol–water partition coefficient (Wildman–Crippen LogP) is -5.15. The van der Waals surface area contributed by atoms with Gasteiger partial charge in [-0.15, -0.1) is 0 Å². The Hall–Kier alpha value is -1.88. The second kappa shape index (κ2) is 11.5. The maximum atomic E-state index is 12.9. The van der Waals surface area contributed by atoms with Crippen molar-refractivity contribution in [2.75, 3.05) is 0 Å². The van der Waals surface area contributed by atoms with E-state index in [1.165, 1.54) is 6.92 Å². The minimum absolute atomic E-state index is 0. The zero-order valence-electron chi connectivity index (χ0n) is 18.6. The van der Waals surface area contributed by atoms with Crippen LogP contribution in [0.2, 0.25) is 0 Å². The first-order valence-corrected chi connectivity index (χ1v) is 11.5. The third kappa shape index (κ3) is 5.60. The zero-order valence-corrected chi connectivity index (χ0v) is 24.4. The summed E-state index contributed by atoms with van der Waals surface area (Å²) in [6, 6.07) is 12.0. The van der Waals surface area contributed by atoms with Crippen molar-refractivity contribution in [2.24, 2.45) is 9.53 Å². The second-order valence-electron chi connectivity index (χ2n) is 6.58. The molecule has 0 fully saturated rings. The number of fused-ring (bicyclic) bond motifs is 2. The fourth-order valence-electron chi connectivity index (χ4n) is 2.95. The van der Waals surface area contributed by atoms with Crippen molar-refractivity contribution < 1.29 is 87.4 Å². The number of para-hydroxylation sites is 4. The molecule has 0 saturated heterocycles. The SMILES string of the molecule is Cc1cc(=O)n(/C([O-])=N/P2Oc3ccccc3O2)c(=O)n1/C([O-])=N\P1Oc2ccccc2O1.[Na+].[Na+]. The van der Waals surface area contributed by atoms with Crippen LogP contribution in [0.5, 0.6) is 23.0 Å². The molecule has 5 rings (SSSR count). The van der Waals surface area contributed by atoms with Crippen molar-refractivity contribution in [3.63, 3.8) is 0 Å². The van der Waals surface area contributed by atoms with Gasteiger partial charge in [0.15, 0.2) is 23.0 Å². The number of rotatable bonds is 2. The minimum atomic E-state index is -2.11. The minimum Gasteiger partial charge on any atom is -0.845 e.